The first kappa shape index (κ1) is 13.2. The van der Waals surface area contributed by atoms with E-state index in [1.807, 2.05) is 44.2 Å². The highest BCUT2D eigenvalue weighted by Crippen LogP contribution is 2.30. The first-order valence-corrected chi connectivity index (χ1v) is 6.47. The Bertz CT molecular complexity index is 535. The minimum Gasteiger partial charge on any atom is -0.376 e. The Kier molecular flexibility index (Phi) is 4.10. The molecule has 2 aromatic rings. The average Bonchev–Trinajstić information content (AvgIpc) is 2.34. The summed E-state index contributed by atoms with van der Waals surface area (Å²) in [6.07, 6.45) is 1.70. The number of aromatic nitrogens is 1. The zero-order chi connectivity index (χ0) is 13.1. The van der Waals surface area contributed by atoms with Gasteiger partial charge in [0.15, 0.2) is 5.15 Å². The van der Waals surface area contributed by atoms with E-state index in [0.29, 0.717) is 5.15 Å². The van der Waals surface area contributed by atoms with E-state index in [9.17, 15) is 0 Å². The molecule has 1 aromatic heterocycles. The molecule has 2 nitrogen and oxygen atoms in total. The second-order valence-electron chi connectivity index (χ2n) is 4.18. The summed E-state index contributed by atoms with van der Waals surface area (Å²) in [7, 11) is 0. The molecule has 0 aliphatic rings. The van der Waals surface area contributed by atoms with Crippen LogP contribution in [-0.2, 0) is 0 Å². The van der Waals surface area contributed by atoms with Crippen molar-refractivity contribution in [3.05, 3.63) is 57.8 Å². The minimum atomic E-state index is 0.0686. The molecule has 2 rings (SSSR count). The molecule has 4 heteroatoms. The Morgan fingerprint density at radius 3 is 2.56 bits per heavy atom. The molecule has 0 amide bonds. The molecule has 0 bridgehead atoms. The highest BCUT2D eigenvalue weighted by atomic mass is 35.5. The van der Waals surface area contributed by atoms with Gasteiger partial charge in [0.25, 0.3) is 0 Å². The second kappa shape index (κ2) is 5.59. The number of rotatable bonds is 3. The molecule has 0 radical (unpaired) electrons. The lowest BCUT2D eigenvalue weighted by atomic mass is 10.1. The summed E-state index contributed by atoms with van der Waals surface area (Å²) in [6.45, 7) is 4.04. The SMILES string of the molecule is Cc1ccnc(Cl)c1NC(C)c1ccccc1Cl. The third kappa shape index (κ3) is 2.77. The minimum absolute atomic E-state index is 0.0686. The van der Waals surface area contributed by atoms with E-state index in [0.717, 1.165) is 21.8 Å². The van der Waals surface area contributed by atoms with Crippen molar-refractivity contribution in [2.75, 3.05) is 5.32 Å². The van der Waals surface area contributed by atoms with Crippen LogP contribution in [0.1, 0.15) is 24.1 Å². The maximum absolute atomic E-state index is 6.18. The summed E-state index contributed by atoms with van der Waals surface area (Å²) in [5.41, 5.74) is 2.96. The van der Waals surface area contributed by atoms with Crippen LogP contribution in [0.5, 0.6) is 0 Å². The van der Waals surface area contributed by atoms with Crippen molar-refractivity contribution < 1.29 is 0 Å². The quantitative estimate of drug-likeness (QED) is 0.812. The highest BCUT2D eigenvalue weighted by molar-refractivity contribution is 6.32. The van der Waals surface area contributed by atoms with Crippen LogP contribution < -0.4 is 5.32 Å². The summed E-state index contributed by atoms with van der Waals surface area (Å²) in [4.78, 5) is 4.08. The molecular formula is C14H14Cl2N2. The maximum Gasteiger partial charge on any atom is 0.152 e. The van der Waals surface area contributed by atoms with Crippen LogP contribution in [0, 0.1) is 6.92 Å². The molecule has 1 atom stereocenters. The van der Waals surface area contributed by atoms with E-state index in [1.165, 1.54) is 0 Å². The number of nitrogens with one attached hydrogen (secondary N) is 1. The van der Waals surface area contributed by atoms with Crippen molar-refractivity contribution >= 4 is 28.9 Å². The van der Waals surface area contributed by atoms with Crippen molar-refractivity contribution in [3.63, 3.8) is 0 Å². The van der Waals surface area contributed by atoms with Gasteiger partial charge in [0.1, 0.15) is 0 Å². The van der Waals surface area contributed by atoms with Gasteiger partial charge < -0.3 is 5.32 Å². The Balaban J connectivity index is 2.27. The van der Waals surface area contributed by atoms with Crippen LogP contribution in [0.25, 0.3) is 0 Å². The van der Waals surface area contributed by atoms with Gasteiger partial charge in [0, 0.05) is 11.2 Å². The molecule has 0 fully saturated rings. The van der Waals surface area contributed by atoms with Gasteiger partial charge >= 0.3 is 0 Å². The van der Waals surface area contributed by atoms with Gasteiger partial charge in [-0.05, 0) is 37.1 Å². The van der Waals surface area contributed by atoms with Gasteiger partial charge in [-0.15, -0.1) is 0 Å². The summed E-state index contributed by atoms with van der Waals surface area (Å²) in [5.74, 6) is 0. The molecule has 94 valence electrons. The van der Waals surface area contributed by atoms with E-state index < -0.39 is 0 Å². The van der Waals surface area contributed by atoms with Gasteiger partial charge in [-0.25, -0.2) is 4.98 Å². The van der Waals surface area contributed by atoms with Crippen LogP contribution in [0.4, 0.5) is 5.69 Å². The number of hydrogen-bond acceptors (Lipinski definition) is 2. The number of anilines is 1. The number of hydrogen-bond donors (Lipinski definition) is 1. The molecule has 0 saturated carbocycles. The lowest BCUT2D eigenvalue weighted by molar-refractivity contribution is 0.881. The lowest BCUT2D eigenvalue weighted by Crippen LogP contribution is -2.09. The van der Waals surface area contributed by atoms with Crippen LogP contribution in [0.2, 0.25) is 10.2 Å². The number of halogens is 2. The summed E-state index contributed by atoms with van der Waals surface area (Å²) in [6, 6.07) is 9.76. The molecular weight excluding hydrogens is 267 g/mol. The van der Waals surface area contributed by atoms with E-state index in [4.69, 9.17) is 23.2 Å². The smallest absolute Gasteiger partial charge is 0.152 e. The van der Waals surface area contributed by atoms with Crippen LogP contribution in [-0.4, -0.2) is 4.98 Å². The maximum atomic E-state index is 6.18. The fraction of sp³-hybridized carbons (Fsp3) is 0.214. The molecule has 1 heterocycles. The van der Waals surface area contributed by atoms with Crippen LogP contribution >= 0.6 is 23.2 Å². The predicted molar refractivity (Wildman–Crippen MR) is 77.5 cm³/mol. The van der Waals surface area contributed by atoms with Gasteiger partial charge in [0.05, 0.1) is 11.7 Å². The first-order valence-electron chi connectivity index (χ1n) is 5.71. The van der Waals surface area contributed by atoms with E-state index >= 15 is 0 Å². The zero-order valence-electron chi connectivity index (χ0n) is 10.2. The summed E-state index contributed by atoms with van der Waals surface area (Å²) < 4.78 is 0. The fourth-order valence-corrected chi connectivity index (χ4v) is 2.38. The Morgan fingerprint density at radius 1 is 1.17 bits per heavy atom. The largest absolute Gasteiger partial charge is 0.376 e. The third-order valence-electron chi connectivity index (χ3n) is 2.85. The summed E-state index contributed by atoms with van der Waals surface area (Å²) >= 11 is 12.3. The fourth-order valence-electron chi connectivity index (χ4n) is 1.82. The van der Waals surface area contributed by atoms with Crippen molar-refractivity contribution in [2.24, 2.45) is 0 Å². The summed E-state index contributed by atoms with van der Waals surface area (Å²) in [5, 5.41) is 4.58. The normalized spacial score (nSPS) is 12.2. The lowest BCUT2D eigenvalue weighted by Gasteiger charge is -2.19. The Labute approximate surface area is 117 Å². The predicted octanol–water partition coefficient (Wildman–Crippen LogP) is 4.87. The molecule has 0 saturated heterocycles. The number of pyridine rings is 1. The van der Waals surface area contributed by atoms with Crippen molar-refractivity contribution in [2.45, 2.75) is 19.9 Å². The molecule has 0 aliphatic carbocycles. The number of nitrogens with zero attached hydrogens (tertiary/aromatic N) is 1. The highest BCUT2D eigenvalue weighted by Gasteiger charge is 2.12. The first-order chi connectivity index (χ1) is 8.59. The number of aryl methyl sites for hydroxylation is 1. The van der Waals surface area contributed by atoms with Crippen molar-refractivity contribution in [1.82, 2.24) is 4.98 Å². The number of benzene rings is 1. The van der Waals surface area contributed by atoms with Crippen molar-refractivity contribution in [1.29, 1.82) is 0 Å². The van der Waals surface area contributed by atoms with Gasteiger partial charge in [-0.2, -0.15) is 0 Å². The molecule has 1 unspecified atom stereocenters. The zero-order valence-corrected chi connectivity index (χ0v) is 11.8. The third-order valence-corrected chi connectivity index (χ3v) is 3.48. The van der Waals surface area contributed by atoms with E-state index in [2.05, 4.69) is 10.3 Å². The van der Waals surface area contributed by atoms with Crippen molar-refractivity contribution in [3.8, 4) is 0 Å². The van der Waals surface area contributed by atoms with E-state index in [1.54, 1.807) is 6.20 Å². The van der Waals surface area contributed by atoms with Gasteiger partial charge in [-0.3, -0.25) is 0 Å². The molecule has 0 aliphatic heterocycles. The van der Waals surface area contributed by atoms with Gasteiger partial charge in [0.2, 0.25) is 0 Å². The average molecular weight is 281 g/mol. The molecule has 18 heavy (non-hydrogen) atoms. The Hall–Kier alpha value is -1.25. The Morgan fingerprint density at radius 2 is 1.89 bits per heavy atom. The van der Waals surface area contributed by atoms with Gasteiger partial charge in [-0.1, -0.05) is 41.4 Å². The molecule has 1 N–H and O–H groups in total. The monoisotopic (exact) mass is 280 g/mol. The van der Waals surface area contributed by atoms with E-state index in [-0.39, 0.29) is 6.04 Å². The van der Waals surface area contributed by atoms with Crippen LogP contribution in [0.15, 0.2) is 36.5 Å². The topological polar surface area (TPSA) is 24.9 Å². The van der Waals surface area contributed by atoms with Crippen LogP contribution in [0.3, 0.4) is 0 Å². The standard InChI is InChI=1S/C14H14Cl2N2/c1-9-7-8-17-14(16)13(9)18-10(2)11-5-3-4-6-12(11)15/h3-8,10,18H,1-2H3. The molecule has 1 aromatic carbocycles. The second-order valence-corrected chi connectivity index (χ2v) is 4.95. The molecule has 0 spiro atoms.